The Morgan fingerprint density at radius 2 is 0.574 bits per heavy atom. The van der Waals surface area contributed by atoms with E-state index in [0.717, 1.165) is 63.7 Å². The highest BCUT2D eigenvalue weighted by Crippen LogP contribution is 2.18. The molecule has 0 spiro atoms. The van der Waals surface area contributed by atoms with Gasteiger partial charge in [0.2, 0.25) is 0 Å². The molecule has 0 aliphatic heterocycles. The van der Waals surface area contributed by atoms with Crippen LogP contribution in [0.5, 0.6) is 0 Å². The van der Waals surface area contributed by atoms with Crippen LogP contribution in [0, 0.1) is 5.92 Å². The van der Waals surface area contributed by atoms with E-state index in [4.69, 9.17) is 14.2 Å². The lowest BCUT2D eigenvalue weighted by Crippen LogP contribution is -2.30. The van der Waals surface area contributed by atoms with Gasteiger partial charge in [0, 0.05) is 19.3 Å². The molecule has 0 radical (unpaired) electrons. The average molecular weight is 863 g/mol. The molecule has 0 heterocycles. The Hall–Kier alpha value is -1.59. The van der Waals surface area contributed by atoms with E-state index in [1.165, 1.54) is 205 Å². The summed E-state index contributed by atoms with van der Waals surface area (Å²) in [4.78, 5) is 37.9. The van der Waals surface area contributed by atoms with E-state index >= 15 is 0 Å². The molecule has 0 N–H and O–H groups in total. The van der Waals surface area contributed by atoms with E-state index < -0.39 is 6.10 Å². The summed E-state index contributed by atoms with van der Waals surface area (Å²) in [6, 6.07) is 0. The molecular formula is C55H106O6. The molecule has 0 saturated carbocycles. The molecule has 6 heteroatoms. The Kier molecular flexibility index (Phi) is 48.1. The minimum Gasteiger partial charge on any atom is -0.462 e. The summed E-state index contributed by atoms with van der Waals surface area (Å²) in [6.45, 7) is 9.07. The number of unbranched alkanes of at least 4 members (excludes halogenated alkanes) is 36. The summed E-state index contributed by atoms with van der Waals surface area (Å²) < 4.78 is 16.8. The molecule has 0 aromatic heterocycles. The predicted octanol–water partition coefficient (Wildman–Crippen LogP) is 17.8. The van der Waals surface area contributed by atoms with Crippen molar-refractivity contribution in [1.82, 2.24) is 0 Å². The van der Waals surface area contributed by atoms with E-state index in [-0.39, 0.29) is 31.1 Å². The fourth-order valence-electron chi connectivity index (χ4n) is 8.36. The highest BCUT2D eigenvalue weighted by molar-refractivity contribution is 5.71. The molecule has 0 saturated heterocycles. The van der Waals surface area contributed by atoms with Gasteiger partial charge in [-0.3, -0.25) is 14.4 Å². The number of esters is 3. The summed E-state index contributed by atoms with van der Waals surface area (Å²) in [6.07, 6.45) is 52.3. The fourth-order valence-corrected chi connectivity index (χ4v) is 8.36. The number of rotatable bonds is 50. The molecule has 0 amide bonds. The smallest absolute Gasteiger partial charge is 0.306 e. The molecule has 0 aliphatic carbocycles. The zero-order valence-electron chi connectivity index (χ0n) is 41.6. The molecule has 0 aromatic rings. The predicted molar refractivity (Wildman–Crippen MR) is 261 cm³/mol. The van der Waals surface area contributed by atoms with Crippen LogP contribution in [0.2, 0.25) is 0 Å². The highest BCUT2D eigenvalue weighted by Gasteiger charge is 2.19. The standard InChI is InChI=1S/C55H106O6/c1-5-8-10-12-14-16-26-31-35-39-43-47-54(57)60-50-52(49-59-53(56)46-42-38-34-30-17-15-13-11-9-6-2)61-55(58)48-44-40-36-32-28-25-23-21-19-18-20-22-24-27-29-33-37-41-45-51(4)7-3/h51-52H,5-50H2,1-4H3/t51?,52-/m0/s1. The van der Waals surface area contributed by atoms with Gasteiger partial charge in [-0.05, 0) is 25.2 Å². The minimum atomic E-state index is -0.760. The van der Waals surface area contributed by atoms with E-state index in [9.17, 15) is 14.4 Å². The van der Waals surface area contributed by atoms with Gasteiger partial charge in [0.15, 0.2) is 6.10 Å². The second-order valence-electron chi connectivity index (χ2n) is 19.1. The Morgan fingerprint density at radius 3 is 0.852 bits per heavy atom. The Balaban J connectivity index is 4.18. The monoisotopic (exact) mass is 863 g/mol. The lowest BCUT2D eigenvalue weighted by molar-refractivity contribution is -0.167. The largest absolute Gasteiger partial charge is 0.462 e. The van der Waals surface area contributed by atoms with Crippen molar-refractivity contribution >= 4 is 17.9 Å². The van der Waals surface area contributed by atoms with Gasteiger partial charge in [0.1, 0.15) is 13.2 Å². The van der Waals surface area contributed by atoms with Gasteiger partial charge >= 0.3 is 17.9 Å². The van der Waals surface area contributed by atoms with Gasteiger partial charge in [-0.2, -0.15) is 0 Å². The second-order valence-corrected chi connectivity index (χ2v) is 19.1. The topological polar surface area (TPSA) is 78.9 Å². The van der Waals surface area contributed by atoms with Crippen LogP contribution in [-0.2, 0) is 28.6 Å². The summed E-state index contributed by atoms with van der Waals surface area (Å²) in [5, 5.41) is 0. The van der Waals surface area contributed by atoms with Gasteiger partial charge in [0.25, 0.3) is 0 Å². The molecule has 362 valence electrons. The molecule has 0 aromatic carbocycles. The highest BCUT2D eigenvalue weighted by atomic mass is 16.6. The zero-order valence-corrected chi connectivity index (χ0v) is 41.6. The third-order valence-corrected chi connectivity index (χ3v) is 12.9. The molecule has 2 atom stereocenters. The maximum Gasteiger partial charge on any atom is 0.306 e. The van der Waals surface area contributed by atoms with Crippen molar-refractivity contribution in [2.24, 2.45) is 5.92 Å². The van der Waals surface area contributed by atoms with Crippen molar-refractivity contribution in [3.05, 3.63) is 0 Å². The van der Waals surface area contributed by atoms with E-state index in [2.05, 4.69) is 27.7 Å². The average Bonchev–Trinajstić information content (AvgIpc) is 3.26. The molecule has 0 bridgehead atoms. The van der Waals surface area contributed by atoms with Crippen LogP contribution in [0.4, 0.5) is 0 Å². The Labute approximate surface area is 380 Å². The fraction of sp³-hybridized carbons (Fsp3) is 0.945. The van der Waals surface area contributed by atoms with Crippen LogP contribution < -0.4 is 0 Å². The molecule has 6 nitrogen and oxygen atoms in total. The van der Waals surface area contributed by atoms with Gasteiger partial charge in [-0.1, -0.05) is 272 Å². The van der Waals surface area contributed by atoms with Crippen LogP contribution in [0.1, 0.15) is 310 Å². The number of hydrogen-bond acceptors (Lipinski definition) is 6. The molecule has 0 rings (SSSR count). The number of ether oxygens (including phenoxy) is 3. The van der Waals surface area contributed by atoms with Crippen LogP contribution in [0.25, 0.3) is 0 Å². The normalized spacial score (nSPS) is 12.4. The van der Waals surface area contributed by atoms with Crippen molar-refractivity contribution in [2.75, 3.05) is 13.2 Å². The molecule has 61 heavy (non-hydrogen) atoms. The molecule has 0 aliphatic rings. The van der Waals surface area contributed by atoms with Gasteiger partial charge in [0.05, 0.1) is 0 Å². The summed E-state index contributed by atoms with van der Waals surface area (Å²) in [5.74, 6) is 0.0659. The van der Waals surface area contributed by atoms with Crippen LogP contribution in [0.3, 0.4) is 0 Å². The Morgan fingerprint density at radius 1 is 0.328 bits per heavy atom. The first-order valence-corrected chi connectivity index (χ1v) is 27.4. The lowest BCUT2D eigenvalue weighted by atomic mass is 9.99. The first-order chi connectivity index (χ1) is 29.9. The lowest BCUT2D eigenvalue weighted by Gasteiger charge is -2.18. The number of carbonyl (C=O) groups is 3. The van der Waals surface area contributed by atoms with Crippen molar-refractivity contribution in [3.63, 3.8) is 0 Å². The van der Waals surface area contributed by atoms with E-state index in [1.807, 2.05) is 0 Å². The van der Waals surface area contributed by atoms with Crippen LogP contribution >= 0.6 is 0 Å². The molecule has 0 fully saturated rings. The van der Waals surface area contributed by atoms with Crippen molar-refractivity contribution in [1.29, 1.82) is 0 Å². The van der Waals surface area contributed by atoms with Crippen LogP contribution in [-0.4, -0.2) is 37.2 Å². The number of hydrogen-bond donors (Lipinski definition) is 0. The third kappa shape index (κ3) is 47.7. The first-order valence-electron chi connectivity index (χ1n) is 27.4. The molecule has 1 unspecified atom stereocenters. The summed E-state index contributed by atoms with van der Waals surface area (Å²) in [5.41, 5.74) is 0. The summed E-state index contributed by atoms with van der Waals surface area (Å²) >= 11 is 0. The maximum atomic E-state index is 12.8. The van der Waals surface area contributed by atoms with Gasteiger partial charge < -0.3 is 14.2 Å². The second kappa shape index (κ2) is 49.4. The Bertz CT molecular complexity index is 920. The first kappa shape index (κ1) is 59.4. The van der Waals surface area contributed by atoms with Gasteiger partial charge in [-0.25, -0.2) is 0 Å². The van der Waals surface area contributed by atoms with Gasteiger partial charge in [-0.15, -0.1) is 0 Å². The quantitative estimate of drug-likeness (QED) is 0.0344. The SMILES string of the molecule is CCCCCCCCCCCCCC(=O)OC[C@H](COC(=O)CCCCCCCCCCCC)OC(=O)CCCCCCCCCCCCCCCCCCCCC(C)CC. The van der Waals surface area contributed by atoms with Crippen molar-refractivity contribution < 1.29 is 28.6 Å². The van der Waals surface area contributed by atoms with E-state index in [0.29, 0.717) is 19.3 Å². The van der Waals surface area contributed by atoms with Crippen LogP contribution in [0.15, 0.2) is 0 Å². The van der Waals surface area contributed by atoms with Crippen molar-refractivity contribution in [3.8, 4) is 0 Å². The number of carbonyl (C=O) groups excluding carboxylic acids is 3. The summed E-state index contributed by atoms with van der Waals surface area (Å²) in [7, 11) is 0. The minimum absolute atomic E-state index is 0.0625. The third-order valence-electron chi connectivity index (χ3n) is 12.9. The van der Waals surface area contributed by atoms with E-state index in [1.54, 1.807) is 0 Å². The van der Waals surface area contributed by atoms with Crippen molar-refractivity contribution in [2.45, 2.75) is 316 Å². The maximum absolute atomic E-state index is 12.8. The molecular weight excluding hydrogens is 757 g/mol. The zero-order chi connectivity index (χ0) is 44.5.